The molecule has 0 bridgehead atoms. The number of nitrogens with zero attached hydrogens (tertiary/aromatic N) is 3. The van der Waals surface area contributed by atoms with Crippen LogP contribution in [0, 0.1) is 11.8 Å². The van der Waals surface area contributed by atoms with E-state index in [1.54, 1.807) is 45.2 Å². The third-order valence-electron chi connectivity index (χ3n) is 7.22. The van der Waals surface area contributed by atoms with E-state index < -0.39 is 29.8 Å². The zero-order valence-electron chi connectivity index (χ0n) is 27.5. The molecule has 0 radical (unpaired) electrons. The Balaban J connectivity index is 1.22. The van der Waals surface area contributed by atoms with Crippen molar-refractivity contribution in [2.24, 2.45) is 4.99 Å². The monoisotopic (exact) mass is 660 g/mol. The van der Waals surface area contributed by atoms with Crippen LogP contribution in [0.2, 0.25) is 5.02 Å². The van der Waals surface area contributed by atoms with Gasteiger partial charge < -0.3 is 30.2 Å². The third-order valence-corrected chi connectivity index (χ3v) is 7.46. The number of epoxide rings is 1. The van der Waals surface area contributed by atoms with Gasteiger partial charge in [-0.3, -0.25) is 10.1 Å². The molecule has 2 aliphatic heterocycles. The van der Waals surface area contributed by atoms with E-state index >= 15 is 0 Å². The molecule has 2 amide bonds. The second-order valence-electron chi connectivity index (χ2n) is 13.5. The largest absolute Gasteiger partial charge is 0.444 e. The Morgan fingerprint density at radius 2 is 1.81 bits per heavy atom. The zero-order valence-corrected chi connectivity index (χ0v) is 28.3. The van der Waals surface area contributed by atoms with Gasteiger partial charge >= 0.3 is 6.09 Å². The number of nitrogens with two attached hydrogens (primary N) is 1. The van der Waals surface area contributed by atoms with Gasteiger partial charge in [-0.2, -0.15) is 0 Å². The minimum Gasteiger partial charge on any atom is -0.444 e. The maximum absolute atomic E-state index is 13.5. The average molecular weight is 661 g/mol. The zero-order chi connectivity index (χ0) is 33.9. The van der Waals surface area contributed by atoms with Crippen molar-refractivity contribution in [3.8, 4) is 11.8 Å². The number of ether oxygens (including phenoxy) is 3. The van der Waals surface area contributed by atoms with Crippen molar-refractivity contribution < 1.29 is 23.8 Å². The van der Waals surface area contributed by atoms with Gasteiger partial charge in [-0.25, -0.2) is 14.8 Å². The van der Waals surface area contributed by atoms with Crippen LogP contribution >= 0.6 is 11.6 Å². The minimum absolute atomic E-state index is 0.0426. The Kier molecular flexibility index (Phi) is 9.96. The highest BCUT2D eigenvalue weighted by Gasteiger charge is 2.43. The number of carbonyl (C=O) groups excluding carboxylic acids is 2. The number of likely N-dealkylation sites (tertiary alicyclic amines) is 1. The Bertz CT molecular complexity index is 1740. The van der Waals surface area contributed by atoms with E-state index in [1.165, 1.54) is 0 Å². The number of rotatable bonds is 4. The van der Waals surface area contributed by atoms with E-state index in [0.29, 0.717) is 53.5 Å². The van der Waals surface area contributed by atoms with Crippen molar-refractivity contribution >= 4 is 46.2 Å². The molecule has 2 aliphatic rings. The van der Waals surface area contributed by atoms with Crippen LogP contribution in [-0.4, -0.2) is 70.7 Å². The molecular formula is C35H41ClN6O5. The third kappa shape index (κ3) is 9.58. The highest BCUT2D eigenvalue weighted by molar-refractivity contribution is 6.31. The fraction of sp³-hybridized carbons (Fsp3) is 0.429. The van der Waals surface area contributed by atoms with Crippen LogP contribution in [0.15, 0.2) is 53.7 Å². The summed E-state index contributed by atoms with van der Waals surface area (Å²) in [6, 6.07) is 12.7. The van der Waals surface area contributed by atoms with Crippen molar-refractivity contribution in [3.05, 3.63) is 70.4 Å². The number of benzene rings is 2. The number of alkyl carbamates (subject to hydrolysis) is 1. The van der Waals surface area contributed by atoms with Crippen LogP contribution in [0.4, 0.5) is 10.6 Å². The molecule has 0 spiro atoms. The smallest absolute Gasteiger partial charge is 0.414 e. The number of hydrogen-bond donors (Lipinski definition) is 3. The summed E-state index contributed by atoms with van der Waals surface area (Å²) in [7, 11) is 0. The summed E-state index contributed by atoms with van der Waals surface area (Å²) in [5.41, 5.74) is 6.89. The summed E-state index contributed by atoms with van der Waals surface area (Å²) in [5.74, 6) is 6.73. The molecule has 11 nitrogen and oxygen atoms in total. The highest BCUT2D eigenvalue weighted by atomic mass is 35.5. The van der Waals surface area contributed by atoms with Crippen LogP contribution in [-0.2, 0) is 14.2 Å². The molecule has 0 saturated carbocycles. The first-order chi connectivity index (χ1) is 22.1. The van der Waals surface area contributed by atoms with Gasteiger partial charge in [-0.05, 0) is 84.7 Å². The van der Waals surface area contributed by atoms with Gasteiger partial charge in [0.15, 0.2) is 0 Å². The van der Waals surface area contributed by atoms with Crippen LogP contribution in [0.3, 0.4) is 0 Å². The van der Waals surface area contributed by atoms with Gasteiger partial charge in [0.05, 0.1) is 11.2 Å². The summed E-state index contributed by atoms with van der Waals surface area (Å²) >= 11 is 6.22. The Morgan fingerprint density at radius 3 is 2.51 bits per heavy atom. The van der Waals surface area contributed by atoms with E-state index in [2.05, 4.69) is 32.5 Å². The lowest BCUT2D eigenvalue weighted by molar-refractivity contribution is -0.0569. The fourth-order valence-electron chi connectivity index (χ4n) is 5.05. The second-order valence-corrected chi connectivity index (χ2v) is 14.0. The predicted octanol–water partition coefficient (Wildman–Crippen LogP) is 5.44. The molecule has 2 unspecified atom stereocenters. The summed E-state index contributed by atoms with van der Waals surface area (Å²) in [6.07, 6.45) is 1.31. The molecule has 4 N–H and O–H groups in total. The van der Waals surface area contributed by atoms with Crippen LogP contribution in [0.5, 0.6) is 0 Å². The van der Waals surface area contributed by atoms with E-state index in [9.17, 15) is 9.59 Å². The lowest BCUT2D eigenvalue weighted by Crippen LogP contribution is -2.51. The molecule has 2 atom stereocenters. The minimum atomic E-state index is -0.674. The number of guanidine groups is 1. The molecule has 12 heteroatoms. The van der Waals surface area contributed by atoms with Gasteiger partial charge in [-0.15, -0.1) is 0 Å². The van der Waals surface area contributed by atoms with Crippen LogP contribution in [0.1, 0.15) is 75.9 Å². The lowest BCUT2D eigenvalue weighted by atomic mass is 10.0. The number of carbonyl (C=O) groups is 2. The van der Waals surface area contributed by atoms with E-state index in [-0.39, 0.29) is 17.9 Å². The van der Waals surface area contributed by atoms with E-state index in [4.69, 9.17) is 31.5 Å². The molecule has 2 aromatic carbocycles. The number of nitrogens with one attached hydrogen (secondary N) is 2. The van der Waals surface area contributed by atoms with E-state index in [0.717, 1.165) is 10.8 Å². The maximum atomic E-state index is 13.5. The number of amides is 2. The SMILES string of the molecule is CC(C)(C)OC(=O)N/C(=N\C1OC1OC(C)(C)C)NC1CCN(C(=O)c2cccc(C#Cc3c(N)ncc4ccc(Cl)cc34)c2)CC1. The molecule has 2 fully saturated rings. The standard InChI is InChI=1S/C35H41ClN6O5/c1-34(2,3)46-31-29(45-31)40-32(41-33(44)47-35(4,5)6)39-25-14-16-42(17-15-25)30(43)22-9-7-8-21(18-22)10-13-26-27-19-24(36)12-11-23(27)20-38-28(26)37/h7-9,11-12,18-20,25,29,31H,14-17H2,1-6H3,(H2,37,38)(H2,39,40,41,44). The number of hydrogen-bond acceptors (Lipinski definition) is 8. The van der Waals surface area contributed by atoms with Crippen molar-refractivity contribution in [2.45, 2.75) is 84.1 Å². The topological polar surface area (TPSA) is 144 Å². The lowest BCUT2D eigenvalue weighted by Gasteiger charge is -2.33. The normalized spacial score (nSPS) is 18.7. The molecule has 248 valence electrons. The molecule has 2 saturated heterocycles. The van der Waals surface area contributed by atoms with Gasteiger partial charge in [0.1, 0.15) is 11.4 Å². The van der Waals surface area contributed by atoms with Crippen LogP contribution < -0.4 is 16.4 Å². The molecule has 47 heavy (non-hydrogen) atoms. The highest BCUT2D eigenvalue weighted by Crippen LogP contribution is 2.29. The molecule has 3 heterocycles. The quantitative estimate of drug-likeness (QED) is 0.145. The van der Waals surface area contributed by atoms with Gasteiger partial charge in [0.25, 0.3) is 5.91 Å². The number of fused-ring (bicyclic) bond motifs is 1. The van der Waals surface area contributed by atoms with Crippen molar-refractivity contribution in [3.63, 3.8) is 0 Å². The van der Waals surface area contributed by atoms with Crippen molar-refractivity contribution in [2.75, 3.05) is 18.8 Å². The number of aliphatic imine (C=N–C) groups is 1. The Hall–Kier alpha value is -4.37. The molecule has 1 aromatic heterocycles. The molecule has 0 aliphatic carbocycles. The average Bonchev–Trinajstić information content (AvgIpc) is 3.70. The second kappa shape index (κ2) is 13.8. The number of halogens is 1. The first-order valence-corrected chi connectivity index (χ1v) is 15.9. The molecular weight excluding hydrogens is 620 g/mol. The summed E-state index contributed by atoms with van der Waals surface area (Å²) in [5, 5.41) is 8.30. The van der Waals surface area contributed by atoms with Crippen LogP contribution in [0.25, 0.3) is 10.8 Å². The fourth-order valence-corrected chi connectivity index (χ4v) is 5.22. The van der Waals surface area contributed by atoms with Crippen molar-refractivity contribution in [1.29, 1.82) is 0 Å². The van der Waals surface area contributed by atoms with Gasteiger partial charge in [0, 0.05) is 52.3 Å². The summed E-state index contributed by atoms with van der Waals surface area (Å²) in [4.78, 5) is 36.7. The van der Waals surface area contributed by atoms with Gasteiger partial charge in [-0.1, -0.05) is 35.6 Å². The summed E-state index contributed by atoms with van der Waals surface area (Å²) < 4.78 is 16.8. The predicted molar refractivity (Wildman–Crippen MR) is 182 cm³/mol. The van der Waals surface area contributed by atoms with E-state index in [1.807, 2.05) is 49.9 Å². The number of aromatic nitrogens is 1. The van der Waals surface area contributed by atoms with Crippen molar-refractivity contribution in [1.82, 2.24) is 20.5 Å². The Morgan fingerprint density at radius 1 is 1.06 bits per heavy atom. The number of pyridine rings is 1. The molecule has 5 rings (SSSR count). The number of nitrogen functional groups attached to an aromatic ring is 1. The maximum Gasteiger partial charge on any atom is 0.414 e. The summed E-state index contributed by atoms with van der Waals surface area (Å²) in [6.45, 7) is 12.2. The first-order valence-electron chi connectivity index (χ1n) is 15.6. The van der Waals surface area contributed by atoms with Gasteiger partial charge in [0.2, 0.25) is 18.5 Å². The first kappa shape index (κ1) is 34.0. The number of anilines is 1. The molecule has 3 aromatic rings. The Labute approximate surface area is 280 Å². The number of piperidine rings is 1.